The highest BCUT2D eigenvalue weighted by Gasteiger charge is 2.26. The fraction of sp³-hybridized carbons (Fsp3) is 0.250. The Morgan fingerprint density at radius 2 is 2.19 bits per heavy atom. The molecule has 7 heteroatoms. The highest BCUT2D eigenvalue weighted by molar-refractivity contribution is 5.79. The predicted molar refractivity (Wildman–Crippen MR) is 97.3 cm³/mol. The molecule has 0 fully saturated rings. The van der Waals surface area contributed by atoms with Crippen LogP contribution < -0.4 is 14.8 Å². The highest BCUT2D eigenvalue weighted by atomic mass is 16.5. The van der Waals surface area contributed by atoms with Gasteiger partial charge in [0, 0.05) is 12.3 Å². The third-order valence-electron chi connectivity index (χ3n) is 4.47. The molecule has 1 aliphatic heterocycles. The number of hydrogen-bond acceptors (Lipinski definition) is 6. The number of hydrogen-bond donors (Lipinski definition) is 1. The van der Waals surface area contributed by atoms with Gasteiger partial charge in [0.15, 0.2) is 5.76 Å². The minimum absolute atomic E-state index is 0.0840. The van der Waals surface area contributed by atoms with E-state index in [0.717, 1.165) is 22.8 Å². The quantitative estimate of drug-likeness (QED) is 0.748. The molecule has 1 atom stereocenters. The second kappa shape index (κ2) is 7.49. The van der Waals surface area contributed by atoms with Crippen molar-refractivity contribution in [1.82, 2.24) is 15.5 Å². The zero-order valence-electron chi connectivity index (χ0n) is 14.8. The molecule has 0 radical (unpaired) electrons. The average Bonchev–Trinajstić information content (AvgIpc) is 3.21. The third-order valence-corrected chi connectivity index (χ3v) is 4.47. The van der Waals surface area contributed by atoms with Gasteiger partial charge in [-0.15, -0.1) is 0 Å². The van der Waals surface area contributed by atoms with Gasteiger partial charge >= 0.3 is 0 Å². The van der Waals surface area contributed by atoms with Gasteiger partial charge in [0.25, 0.3) is 0 Å². The lowest BCUT2D eigenvalue weighted by Gasteiger charge is -2.24. The number of nitrogens with zero attached hydrogens (tertiary/aromatic N) is 2. The van der Waals surface area contributed by atoms with E-state index in [2.05, 4.69) is 15.5 Å². The number of amides is 1. The summed E-state index contributed by atoms with van der Waals surface area (Å²) in [6.07, 6.45) is 2.30. The second-order valence-corrected chi connectivity index (χ2v) is 6.30. The van der Waals surface area contributed by atoms with Crippen LogP contribution in [0.15, 0.2) is 53.2 Å². The van der Waals surface area contributed by atoms with Gasteiger partial charge in [0.2, 0.25) is 5.91 Å². The standard InChI is InChI=1S/C20H19N3O4/c1-25-15-5-6-19-13(9-15)8-14(12-26-19)20(24)22-11-16-10-18(23-27-16)17-4-2-3-7-21-17/h2-7,9-10,14H,8,11-12H2,1H3,(H,22,24). The summed E-state index contributed by atoms with van der Waals surface area (Å²) in [5, 5.41) is 6.89. The highest BCUT2D eigenvalue weighted by Crippen LogP contribution is 2.30. The van der Waals surface area contributed by atoms with Gasteiger partial charge in [0.1, 0.15) is 23.8 Å². The summed E-state index contributed by atoms with van der Waals surface area (Å²) in [7, 11) is 1.62. The molecular weight excluding hydrogens is 346 g/mol. The van der Waals surface area contributed by atoms with Gasteiger partial charge < -0.3 is 19.3 Å². The number of carbonyl (C=O) groups is 1. The largest absolute Gasteiger partial charge is 0.497 e. The molecule has 1 aliphatic rings. The maximum atomic E-state index is 12.5. The van der Waals surface area contributed by atoms with Crippen LogP contribution in [0.5, 0.6) is 11.5 Å². The van der Waals surface area contributed by atoms with Crippen LogP contribution in [0.4, 0.5) is 0 Å². The van der Waals surface area contributed by atoms with Crippen LogP contribution in [-0.4, -0.2) is 29.8 Å². The summed E-state index contributed by atoms with van der Waals surface area (Å²) in [6.45, 7) is 0.612. The van der Waals surface area contributed by atoms with E-state index in [1.807, 2.05) is 36.4 Å². The fourth-order valence-corrected chi connectivity index (χ4v) is 3.02. The van der Waals surface area contributed by atoms with Gasteiger partial charge in [-0.25, -0.2) is 0 Å². The number of pyridine rings is 1. The molecule has 1 unspecified atom stereocenters. The van der Waals surface area contributed by atoms with E-state index < -0.39 is 0 Å². The molecule has 7 nitrogen and oxygen atoms in total. The van der Waals surface area contributed by atoms with Crippen molar-refractivity contribution >= 4 is 5.91 Å². The first-order valence-corrected chi connectivity index (χ1v) is 8.67. The van der Waals surface area contributed by atoms with Crippen LogP contribution in [0.3, 0.4) is 0 Å². The molecule has 0 saturated carbocycles. The number of methoxy groups -OCH3 is 1. The van der Waals surface area contributed by atoms with Crippen LogP contribution in [0.1, 0.15) is 11.3 Å². The average molecular weight is 365 g/mol. The number of ether oxygens (including phenoxy) is 2. The Morgan fingerprint density at radius 1 is 1.26 bits per heavy atom. The first kappa shape index (κ1) is 17.1. The van der Waals surface area contributed by atoms with E-state index in [1.165, 1.54) is 0 Å². The first-order valence-electron chi connectivity index (χ1n) is 8.67. The summed E-state index contributed by atoms with van der Waals surface area (Å²) in [4.78, 5) is 16.7. The molecule has 3 heterocycles. The summed E-state index contributed by atoms with van der Waals surface area (Å²) in [6, 6.07) is 13.0. The van der Waals surface area contributed by atoms with Gasteiger partial charge in [0.05, 0.1) is 25.3 Å². The number of aromatic nitrogens is 2. The lowest BCUT2D eigenvalue weighted by Crippen LogP contribution is -2.37. The van der Waals surface area contributed by atoms with Crippen molar-refractivity contribution in [2.24, 2.45) is 5.92 Å². The summed E-state index contributed by atoms with van der Waals surface area (Å²) < 4.78 is 16.2. The molecule has 0 bridgehead atoms. The molecule has 1 N–H and O–H groups in total. The molecule has 27 heavy (non-hydrogen) atoms. The Hall–Kier alpha value is -3.35. The SMILES string of the molecule is COc1ccc2c(c1)CC(C(=O)NCc1cc(-c3ccccn3)no1)CO2. The van der Waals surface area contributed by atoms with Gasteiger partial charge in [-0.05, 0) is 42.3 Å². The Labute approximate surface area is 156 Å². The van der Waals surface area contributed by atoms with E-state index in [0.29, 0.717) is 24.5 Å². The van der Waals surface area contributed by atoms with Crippen LogP contribution in [0.2, 0.25) is 0 Å². The number of fused-ring (bicyclic) bond motifs is 1. The molecule has 1 amide bonds. The monoisotopic (exact) mass is 365 g/mol. The summed E-state index contributed by atoms with van der Waals surface area (Å²) >= 11 is 0. The number of nitrogens with one attached hydrogen (secondary N) is 1. The van der Waals surface area contributed by atoms with Gasteiger partial charge in [-0.3, -0.25) is 9.78 Å². The van der Waals surface area contributed by atoms with Crippen molar-refractivity contribution in [3.8, 4) is 22.9 Å². The van der Waals surface area contributed by atoms with Crippen molar-refractivity contribution in [3.63, 3.8) is 0 Å². The maximum Gasteiger partial charge on any atom is 0.227 e. The minimum Gasteiger partial charge on any atom is -0.497 e. The maximum absolute atomic E-state index is 12.5. The van der Waals surface area contributed by atoms with E-state index in [1.54, 1.807) is 19.4 Å². The topological polar surface area (TPSA) is 86.5 Å². The Balaban J connectivity index is 1.37. The predicted octanol–water partition coefficient (Wildman–Crippen LogP) is 2.61. The van der Waals surface area contributed by atoms with Crippen LogP contribution in [0.25, 0.3) is 11.4 Å². The third kappa shape index (κ3) is 3.76. The van der Waals surface area contributed by atoms with E-state index in [9.17, 15) is 4.79 Å². The van der Waals surface area contributed by atoms with Crippen molar-refractivity contribution < 1.29 is 18.8 Å². The lowest BCUT2D eigenvalue weighted by molar-refractivity contribution is -0.126. The Kier molecular flexibility index (Phi) is 4.74. The molecule has 1 aromatic carbocycles. The van der Waals surface area contributed by atoms with E-state index in [-0.39, 0.29) is 18.4 Å². The molecule has 0 saturated heterocycles. The Bertz CT molecular complexity index is 939. The normalized spacial score (nSPS) is 15.5. The molecule has 138 valence electrons. The summed E-state index contributed by atoms with van der Waals surface area (Å²) in [5.74, 6) is 1.78. The fourth-order valence-electron chi connectivity index (χ4n) is 3.02. The molecular formula is C20H19N3O4. The zero-order chi connectivity index (χ0) is 18.6. The van der Waals surface area contributed by atoms with Crippen molar-refractivity contribution in [2.45, 2.75) is 13.0 Å². The lowest BCUT2D eigenvalue weighted by atomic mass is 9.96. The van der Waals surface area contributed by atoms with Crippen molar-refractivity contribution in [2.75, 3.05) is 13.7 Å². The van der Waals surface area contributed by atoms with Gasteiger partial charge in [-0.1, -0.05) is 11.2 Å². The van der Waals surface area contributed by atoms with E-state index in [4.69, 9.17) is 14.0 Å². The second-order valence-electron chi connectivity index (χ2n) is 6.30. The smallest absolute Gasteiger partial charge is 0.227 e. The van der Waals surface area contributed by atoms with Crippen LogP contribution >= 0.6 is 0 Å². The van der Waals surface area contributed by atoms with Crippen LogP contribution in [-0.2, 0) is 17.8 Å². The minimum atomic E-state index is -0.261. The zero-order valence-corrected chi connectivity index (χ0v) is 14.8. The van der Waals surface area contributed by atoms with Gasteiger partial charge in [-0.2, -0.15) is 0 Å². The van der Waals surface area contributed by atoms with E-state index >= 15 is 0 Å². The van der Waals surface area contributed by atoms with Crippen LogP contribution in [0, 0.1) is 5.92 Å². The number of rotatable bonds is 5. The van der Waals surface area contributed by atoms with Crippen molar-refractivity contribution in [3.05, 3.63) is 60.0 Å². The molecule has 2 aromatic heterocycles. The summed E-state index contributed by atoms with van der Waals surface area (Å²) in [5.41, 5.74) is 2.34. The number of benzene rings is 1. The number of carbonyl (C=O) groups excluding carboxylic acids is 1. The molecule has 4 rings (SSSR count). The molecule has 3 aromatic rings. The molecule has 0 aliphatic carbocycles. The Morgan fingerprint density at radius 3 is 3.00 bits per heavy atom. The first-order chi connectivity index (χ1) is 13.2. The van der Waals surface area contributed by atoms with Crippen molar-refractivity contribution in [1.29, 1.82) is 0 Å². The molecule has 0 spiro atoms.